The fraction of sp³-hybridized carbons (Fsp3) is 0.353. The molecule has 1 aromatic carbocycles. The number of phenols is 1. The normalized spacial score (nSPS) is 10.5. The zero-order valence-corrected chi connectivity index (χ0v) is 13.4. The highest BCUT2D eigenvalue weighted by Crippen LogP contribution is 2.29. The molecule has 0 amide bonds. The maximum Gasteiger partial charge on any atom is 0.155 e. The number of aromatic amines is 1. The first kappa shape index (κ1) is 15.2. The largest absolute Gasteiger partial charge is 0.505 e. The van der Waals surface area contributed by atoms with Crippen LogP contribution >= 0.6 is 0 Å². The molecule has 0 spiro atoms. The Morgan fingerprint density at radius 1 is 1.29 bits per heavy atom. The van der Waals surface area contributed by atoms with Crippen LogP contribution in [0, 0.1) is 6.92 Å². The molecule has 0 unspecified atom stereocenters. The van der Waals surface area contributed by atoms with Gasteiger partial charge in [-0.1, -0.05) is 26.8 Å². The van der Waals surface area contributed by atoms with Crippen molar-refractivity contribution >= 4 is 11.0 Å². The maximum atomic E-state index is 10.0. The van der Waals surface area contributed by atoms with Crippen molar-refractivity contribution in [3.05, 3.63) is 35.5 Å². The van der Waals surface area contributed by atoms with Gasteiger partial charge in [-0.15, -0.1) is 0 Å². The fourth-order valence-electron chi connectivity index (χ4n) is 2.34. The third kappa shape index (κ3) is 2.66. The van der Waals surface area contributed by atoms with Crippen molar-refractivity contribution in [1.29, 1.82) is 0 Å². The Kier molecular flexibility index (Phi) is 4.36. The minimum absolute atomic E-state index is 0.255. The van der Waals surface area contributed by atoms with Gasteiger partial charge in [-0.25, -0.2) is 4.98 Å². The van der Waals surface area contributed by atoms with Crippen LogP contribution in [0.3, 0.4) is 0 Å². The molecule has 3 rings (SSSR count). The summed E-state index contributed by atoms with van der Waals surface area (Å²) >= 11 is 0. The Morgan fingerprint density at radius 2 is 2.00 bits per heavy atom. The molecule has 0 aliphatic carbocycles. The van der Waals surface area contributed by atoms with Gasteiger partial charge in [-0.3, -0.25) is 0 Å². The first-order valence-electron chi connectivity index (χ1n) is 7.44. The third-order valence-electron chi connectivity index (χ3n) is 3.54. The van der Waals surface area contributed by atoms with Gasteiger partial charge >= 0.3 is 0 Å². The van der Waals surface area contributed by atoms with E-state index in [0.29, 0.717) is 5.52 Å². The third-order valence-corrected chi connectivity index (χ3v) is 3.54. The average Bonchev–Trinajstić information content (AvgIpc) is 3.08. The predicted octanol–water partition coefficient (Wildman–Crippen LogP) is 4.17. The summed E-state index contributed by atoms with van der Waals surface area (Å²) in [5.41, 5.74) is 4.64. The lowest BCUT2D eigenvalue weighted by Crippen LogP contribution is -1.90. The summed E-state index contributed by atoms with van der Waals surface area (Å²) in [5, 5.41) is 10.0. The van der Waals surface area contributed by atoms with E-state index in [1.165, 1.54) is 5.56 Å². The number of aromatic nitrogens is 3. The van der Waals surface area contributed by atoms with Crippen LogP contribution < -0.4 is 0 Å². The quantitative estimate of drug-likeness (QED) is 0.742. The second kappa shape index (κ2) is 6.04. The first-order valence-corrected chi connectivity index (χ1v) is 7.44. The number of aromatic hydroxyl groups is 1. The van der Waals surface area contributed by atoms with Crippen molar-refractivity contribution in [2.45, 2.75) is 34.1 Å². The summed E-state index contributed by atoms with van der Waals surface area (Å²) in [6, 6.07) is 5.97. The number of imidazole rings is 1. The summed E-state index contributed by atoms with van der Waals surface area (Å²) in [7, 11) is 2.01. The second-order valence-corrected chi connectivity index (χ2v) is 4.91. The number of phenolic OH excluding ortho intramolecular Hbond substituents is 1. The fourth-order valence-corrected chi connectivity index (χ4v) is 2.34. The Hall–Kier alpha value is -2.23. The molecule has 0 atom stereocenters. The standard InChI is InChI=1S/C15H17N3O.C2H6/c1-4-10-7-12(18(3)8-10)15-16-11-6-5-9(2)14(19)13(11)17-15;1-2/h5-8,19H,4H2,1-3H3,(H,16,17);1-2H3. The summed E-state index contributed by atoms with van der Waals surface area (Å²) < 4.78 is 2.06. The molecule has 2 heterocycles. The number of rotatable bonds is 2. The van der Waals surface area contributed by atoms with E-state index >= 15 is 0 Å². The lowest BCUT2D eigenvalue weighted by Gasteiger charge is -1.97. The molecular formula is C17H23N3O. The highest BCUT2D eigenvalue weighted by molar-refractivity contribution is 5.85. The molecule has 0 aliphatic rings. The van der Waals surface area contributed by atoms with Crippen LogP contribution in [0.2, 0.25) is 0 Å². The first-order chi connectivity index (χ1) is 10.1. The van der Waals surface area contributed by atoms with Crippen molar-refractivity contribution in [2.24, 2.45) is 7.05 Å². The van der Waals surface area contributed by atoms with Crippen LogP contribution in [0.1, 0.15) is 31.9 Å². The van der Waals surface area contributed by atoms with E-state index in [2.05, 4.69) is 33.7 Å². The zero-order chi connectivity index (χ0) is 15.6. The molecule has 21 heavy (non-hydrogen) atoms. The van der Waals surface area contributed by atoms with E-state index in [9.17, 15) is 5.11 Å². The van der Waals surface area contributed by atoms with Gasteiger partial charge in [0.2, 0.25) is 0 Å². The molecule has 4 nitrogen and oxygen atoms in total. The van der Waals surface area contributed by atoms with Crippen molar-refractivity contribution in [3.63, 3.8) is 0 Å². The number of benzene rings is 1. The monoisotopic (exact) mass is 285 g/mol. The SMILES string of the molecule is CC.CCc1cc(-c2nc3c(O)c(C)ccc3[nH]2)n(C)c1. The van der Waals surface area contributed by atoms with E-state index in [1.54, 1.807) is 0 Å². The van der Waals surface area contributed by atoms with Gasteiger partial charge in [0.1, 0.15) is 11.3 Å². The zero-order valence-electron chi connectivity index (χ0n) is 13.4. The Morgan fingerprint density at radius 3 is 2.62 bits per heavy atom. The molecular weight excluding hydrogens is 262 g/mol. The minimum atomic E-state index is 0.255. The van der Waals surface area contributed by atoms with Gasteiger partial charge < -0.3 is 14.7 Å². The highest BCUT2D eigenvalue weighted by atomic mass is 16.3. The van der Waals surface area contributed by atoms with Crippen LogP contribution in [0.4, 0.5) is 0 Å². The van der Waals surface area contributed by atoms with E-state index in [0.717, 1.165) is 29.0 Å². The van der Waals surface area contributed by atoms with Crippen molar-refractivity contribution in [1.82, 2.24) is 14.5 Å². The topological polar surface area (TPSA) is 53.8 Å². The van der Waals surface area contributed by atoms with Gasteiger partial charge in [0.05, 0.1) is 11.2 Å². The highest BCUT2D eigenvalue weighted by Gasteiger charge is 2.13. The number of fused-ring (bicyclic) bond motifs is 1. The molecule has 3 aromatic rings. The number of nitrogens with zero attached hydrogens (tertiary/aromatic N) is 2. The number of hydrogen-bond donors (Lipinski definition) is 2. The molecule has 0 saturated carbocycles. The molecule has 112 valence electrons. The van der Waals surface area contributed by atoms with E-state index in [1.807, 2.05) is 40.0 Å². The maximum absolute atomic E-state index is 10.0. The van der Waals surface area contributed by atoms with Gasteiger partial charge in [0.15, 0.2) is 5.82 Å². The summed E-state index contributed by atoms with van der Waals surface area (Å²) in [4.78, 5) is 7.79. The van der Waals surface area contributed by atoms with E-state index < -0.39 is 0 Å². The van der Waals surface area contributed by atoms with Crippen molar-refractivity contribution in [3.8, 4) is 17.3 Å². The van der Waals surface area contributed by atoms with Crippen molar-refractivity contribution in [2.75, 3.05) is 0 Å². The Labute approximate surface area is 125 Å². The van der Waals surface area contributed by atoms with Crippen molar-refractivity contribution < 1.29 is 5.11 Å². The average molecular weight is 285 g/mol. The van der Waals surface area contributed by atoms with Gasteiger partial charge in [0.25, 0.3) is 0 Å². The van der Waals surface area contributed by atoms with Crippen LogP contribution in [0.25, 0.3) is 22.6 Å². The van der Waals surface area contributed by atoms with Gasteiger partial charge in [-0.2, -0.15) is 0 Å². The molecule has 0 bridgehead atoms. The lowest BCUT2D eigenvalue weighted by molar-refractivity contribution is 0.476. The molecule has 2 N–H and O–H groups in total. The summed E-state index contributed by atoms with van der Waals surface area (Å²) in [6.45, 7) is 8.01. The minimum Gasteiger partial charge on any atom is -0.505 e. The number of aryl methyl sites for hydroxylation is 3. The van der Waals surface area contributed by atoms with Crippen LogP contribution in [0.15, 0.2) is 24.4 Å². The summed E-state index contributed by atoms with van der Waals surface area (Å²) in [5.74, 6) is 1.04. The smallest absolute Gasteiger partial charge is 0.155 e. The molecule has 0 saturated heterocycles. The van der Waals surface area contributed by atoms with Crippen LogP contribution in [-0.2, 0) is 13.5 Å². The Bertz CT molecular complexity index is 753. The Balaban J connectivity index is 0.000000774. The number of nitrogens with one attached hydrogen (secondary N) is 1. The second-order valence-electron chi connectivity index (χ2n) is 4.91. The molecule has 2 aromatic heterocycles. The number of H-pyrrole nitrogens is 1. The lowest BCUT2D eigenvalue weighted by atomic mass is 10.2. The van der Waals surface area contributed by atoms with Gasteiger partial charge in [-0.05, 0) is 36.6 Å². The van der Waals surface area contributed by atoms with E-state index in [4.69, 9.17) is 0 Å². The molecule has 0 aliphatic heterocycles. The predicted molar refractivity (Wildman–Crippen MR) is 87.6 cm³/mol. The molecule has 0 fully saturated rings. The van der Waals surface area contributed by atoms with Crippen LogP contribution in [0.5, 0.6) is 5.75 Å². The molecule has 4 heteroatoms. The molecule has 0 radical (unpaired) electrons. The van der Waals surface area contributed by atoms with E-state index in [-0.39, 0.29) is 5.75 Å². The summed E-state index contributed by atoms with van der Waals surface area (Å²) in [6.07, 6.45) is 3.10. The van der Waals surface area contributed by atoms with Crippen LogP contribution in [-0.4, -0.2) is 19.6 Å². The van der Waals surface area contributed by atoms with Gasteiger partial charge in [0, 0.05) is 13.2 Å². The number of hydrogen-bond acceptors (Lipinski definition) is 2.